The number of nitrogens with two attached hydrogens (primary N) is 1. The Morgan fingerprint density at radius 3 is 2.80 bits per heavy atom. The summed E-state index contributed by atoms with van der Waals surface area (Å²) in [6, 6.07) is 0.966. The Hall–Kier alpha value is -2.31. The molecule has 0 bridgehead atoms. The Bertz CT molecular complexity index is 562. The fourth-order valence-corrected chi connectivity index (χ4v) is 2.17. The van der Waals surface area contributed by atoms with Gasteiger partial charge in [0.15, 0.2) is 0 Å². The van der Waals surface area contributed by atoms with Crippen LogP contribution in [0.25, 0.3) is 0 Å². The Morgan fingerprint density at radius 1 is 1.50 bits per heavy atom. The molecule has 7 heteroatoms. The topological polar surface area (TPSA) is 106 Å². The van der Waals surface area contributed by atoms with Crippen molar-refractivity contribution in [1.82, 2.24) is 15.2 Å². The number of carbonyl (C=O) groups excluding carboxylic acids is 3. The van der Waals surface area contributed by atoms with Crippen LogP contribution in [-0.2, 0) is 9.59 Å². The molecule has 0 saturated carbocycles. The molecule has 1 saturated heterocycles. The largest absolute Gasteiger partial charge is 0.397 e. The third-order valence-electron chi connectivity index (χ3n) is 3.20. The van der Waals surface area contributed by atoms with E-state index in [4.69, 9.17) is 5.73 Å². The molecule has 4 N–H and O–H groups in total. The van der Waals surface area contributed by atoms with E-state index in [-0.39, 0.29) is 24.3 Å². The first-order chi connectivity index (χ1) is 9.38. The molecular weight excluding hydrogens is 260 g/mol. The predicted molar refractivity (Wildman–Crippen MR) is 72.9 cm³/mol. The van der Waals surface area contributed by atoms with Crippen molar-refractivity contribution in [2.24, 2.45) is 0 Å². The zero-order chi connectivity index (χ0) is 14.9. The van der Waals surface area contributed by atoms with E-state index in [9.17, 15) is 14.4 Å². The lowest BCUT2D eigenvalue weighted by molar-refractivity contribution is -0.134. The summed E-state index contributed by atoms with van der Waals surface area (Å²) < 4.78 is 1.75. The van der Waals surface area contributed by atoms with Gasteiger partial charge in [-0.3, -0.25) is 19.7 Å². The van der Waals surface area contributed by atoms with Crippen LogP contribution in [0.4, 0.5) is 5.69 Å². The molecule has 1 unspecified atom stereocenters. The van der Waals surface area contributed by atoms with Gasteiger partial charge in [0.25, 0.3) is 5.91 Å². The summed E-state index contributed by atoms with van der Waals surface area (Å²) >= 11 is 0. The quantitative estimate of drug-likeness (QED) is 0.686. The Balaban J connectivity index is 2.12. The number of imide groups is 1. The number of aromatic nitrogens is 1. The zero-order valence-electron chi connectivity index (χ0n) is 11.5. The second kappa shape index (κ2) is 5.36. The lowest BCUT2D eigenvalue weighted by Gasteiger charge is -2.22. The lowest BCUT2D eigenvalue weighted by Crippen LogP contribution is -2.52. The lowest BCUT2D eigenvalue weighted by atomic mass is 10.1. The van der Waals surface area contributed by atoms with Crippen molar-refractivity contribution < 1.29 is 14.4 Å². The molecule has 3 amide bonds. The number of anilines is 1. The van der Waals surface area contributed by atoms with E-state index in [1.807, 2.05) is 13.8 Å². The maximum atomic E-state index is 12.2. The van der Waals surface area contributed by atoms with Crippen molar-refractivity contribution in [3.63, 3.8) is 0 Å². The predicted octanol–water partition coefficient (Wildman–Crippen LogP) is 0.186. The van der Waals surface area contributed by atoms with Gasteiger partial charge in [0.05, 0.1) is 5.69 Å². The Labute approximate surface area is 116 Å². The molecule has 2 heterocycles. The highest BCUT2D eigenvalue weighted by Crippen LogP contribution is 2.17. The van der Waals surface area contributed by atoms with Crippen LogP contribution in [0.5, 0.6) is 0 Å². The molecule has 2 rings (SSSR count). The van der Waals surface area contributed by atoms with E-state index in [1.54, 1.807) is 16.8 Å². The minimum atomic E-state index is -0.683. The van der Waals surface area contributed by atoms with E-state index in [0.29, 0.717) is 17.8 Å². The van der Waals surface area contributed by atoms with E-state index in [1.165, 1.54) is 0 Å². The second-order valence-corrected chi connectivity index (χ2v) is 5.14. The smallest absolute Gasteiger partial charge is 0.268 e. The van der Waals surface area contributed by atoms with E-state index < -0.39 is 11.9 Å². The molecule has 1 fully saturated rings. The second-order valence-electron chi connectivity index (χ2n) is 5.14. The third kappa shape index (κ3) is 2.81. The van der Waals surface area contributed by atoms with Gasteiger partial charge in [-0.1, -0.05) is 0 Å². The van der Waals surface area contributed by atoms with Crippen molar-refractivity contribution >= 4 is 23.4 Å². The maximum absolute atomic E-state index is 12.2. The molecule has 1 atom stereocenters. The van der Waals surface area contributed by atoms with Crippen molar-refractivity contribution in [2.45, 2.75) is 38.8 Å². The maximum Gasteiger partial charge on any atom is 0.268 e. The minimum absolute atomic E-state index is 0.0785. The van der Waals surface area contributed by atoms with Crippen LogP contribution in [-0.4, -0.2) is 28.3 Å². The van der Waals surface area contributed by atoms with Crippen LogP contribution in [0.15, 0.2) is 12.3 Å². The number of rotatable bonds is 3. The van der Waals surface area contributed by atoms with E-state index in [2.05, 4.69) is 10.6 Å². The summed E-state index contributed by atoms with van der Waals surface area (Å²) in [5, 5.41) is 4.84. The van der Waals surface area contributed by atoms with Crippen LogP contribution in [0.3, 0.4) is 0 Å². The van der Waals surface area contributed by atoms with Gasteiger partial charge in [-0.25, -0.2) is 0 Å². The first-order valence-electron chi connectivity index (χ1n) is 6.50. The number of hydrogen-bond donors (Lipinski definition) is 3. The molecule has 108 valence electrons. The average molecular weight is 278 g/mol. The summed E-state index contributed by atoms with van der Waals surface area (Å²) in [6.45, 7) is 3.87. The van der Waals surface area contributed by atoms with Crippen LogP contribution in [0.1, 0.15) is 43.2 Å². The monoisotopic (exact) mass is 278 g/mol. The van der Waals surface area contributed by atoms with Gasteiger partial charge < -0.3 is 15.6 Å². The van der Waals surface area contributed by atoms with Crippen molar-refractivity contribution in [3.05, 3.63) is 18.0 Å². The number of piperidine rings is 1. The molecule has 0 spiro atoms. The van der Waals surface area contributed by atoms with Gasteiger partial charge in [-0.05, 0) is 26.3 Å². The highest BCUT2D eigenvalue weighted by atomic mass is 16.2. The van der Waals surface area contributed by atoms with E-state index in [0.717, 1.165) is 0 Å². The third-order valence-corrected chi connectivity index (χ3v) is 3.20. The molecule has 7 nitrogen and oxygen atoms in total. The van der Waals surface area contributed by atoms with Crippen LogP contribution in [0.2, 0.25) is 0 Å². The molecule has 0 radical (unpaired) electrons. The summed E-state index contributed by atoms with van der Waals surface area (Å²) in [5.74, 6) is -1.15. The van der Waals surface area contributed by atoms with Gasteiger partial charge in [-0.15, -0.1) is 0 Å². The van der Waals surface area contributed by atoms with Crippen LogP contribution < -0.4 is 16.4 Å². The number of nitrogens with one attached hydrogen (secondary N) is 2. The SMILES string of the molecule is CC(C)n1cc(N)cc1C(=O)NC1CCC(=O)NC1=O. The van der Waals surface area contributed by atoms with Crippen molar-refractivity contribution in [1.29, 1.82) is 0 Å². The number of nitrogens with zero attached hydrogens (tertiary/aromatic N) is 1. The summed E-state index contributed by atoms with van der Waals surface area (Å²) in [5.41, 5.74) is 6.61. The van der Waals surface area contributed by atoms with Crippen LogP contribution >= 0.6 is 0 Å². The first-order valence-corrected chi connectivity index (χ1v) is 6.50. The first kappa shape index (κ1) is 14.1. The molecule has 1 aliphatic heterocycles. The van der Waals surface area contributed by atoms with E-state index >= 15 is 0 Å². The highest BCUT2D eigenvalue weighted by Gasteiger charge is 2.29. The molecule has 0 aliphatic carbocycles. The Morgan fingerprint density at radius 2 is 2.20 bits per heavy atom. The fourth-order valence-electron chi connectivity index (χ4n) is 2.17. The van der Waals surface area contributed by atoms with Crippen LogP contribution in [0, 0.1) is 0 Å². The van der Waals surface area contributed by atoms with Gasteiger partial charge in [0, 0.05) is 18.7 Å². The minimum Gasteiger partial charge on any atom is -0.397 e. The fraction of sp³-hybridized carbons (Fsp3) is 0.462. The molecule has 1 aromatic rings. The molecule has 1 aromatic heterocycles. The standard InChI is InChI=1S/C13H18N4O3/c1-7(2)17-6-8(14)5-10(17)13(20)15-9-3-4-11(18)16-12(9)19/h5-7,9H,3-4,14H2,1-2H3,(H,15,20)(H,16,18,19). The van der Waals surface area contributed by atoms with Crippen molar-refractivity contribution in [3.8, 4) is 0 Å². The number of amides is 3. The summed E-state index contributed by atoms with van der Waals surface area (Å²) in [4.78, 5) is 34.9. The van der Waals surface area contributed by atoms with Crippen molar-refractivity contribution in [2.75, 3.05) is 5.73 Å². The summed E-state index contributed by atoms with van der Waals surface area (Å²) in [6.07, 6.45) is 2.22. The van der Waals surface area contributed by atoms with Gasteiger partial charge in [0.2, 0.25) is 11.8 Å². The molecule has 0 aromatic carbocycles. The highest BCUT2D eigenvalue weighted by molar-refractivity contribution is 6.03. The van der Waals surface area contributed by atoms with Gasteiger partial charge >= 0.3 is 0 Å². The summed E-state index contributed by atoms with van der Waals surface area (Å²) in [7, 11) is 0. The average Bonchev–Trinajstić information content (AvgIpc) is 2.75. The molecule has 20 heavy (non-hydrogen) atoms. The molecule has 1 aliphatic rings. The molecular formula is C13H18N4O3. The number of hydrogen-bond acceptors (Lipinski definition) is 4. The number of nitrogen functional groups attached to an aromatic ring is 1. The number of carbonyl (C=O) groups is 3. The normalized spacial score (nSPS) is 19.1. The zero-order valence-corrected chi connectivity index (χ0v) is 11.5. The van der Waals surface area contributed by atoms with Gasteiger partial charge in [0.1, 0.15) is 11.7 Å². The van der Waals surface area contributed by atoms with Gasteiger partial charge in [-0.2, -0.15) is 0 Å². The Kier molecular flexibility index (Phi) is 3.78.